The Morgan fingerprint density at radius 1 is 1.08 bits per heavy atom. The maximum absolute atomic E-state index is 13.2. The lowest BCUT2D eigenvalue weighted by Gasteiger charge is -2.38. The largest absolute Gasteiger partial charge is 0.353 e. The fourth-order valence-corrected chi connectivity index (χ4v) is 4.81. The summed E-state index contributed by atoms with van der Waals surface area (Å²) in [7, 11) is 0. The Balaban J connectivity index is 1.86. The van der Waals surface area contributed by atoms with Crippen LogP contribution in [0.2, 0.25) is 0 Å². The number of hydrogen-bond acceptors (Lipinski definition) is 4. The van der Waals surface area contributed by atoms with Gasteiger partial charge in [-0.25, -0.2) is 0 Å². The van der Waals surface area contributed by atoms with Gasteiger partial charge in [0.15, 0.2) is 5.78 Å². The normalized spacial score (nSPS) is 29.7. The maximum atomic E-state index is 13.2. The maximum Gasteiger partial charge on any atom is 0.236 e. The van der Waals surface area contributed by atoms with E-state index < -0.39 is 23.4 Å². The standard InChI is InChI=1S/C21H24N2O3/c1-11-6-8-14-13(10-11)7-9-15-16-17(18(12(2)24)22(14)15)20(26)23(19(16)25)21(3,4)5/h6-10,15-18H,1-5H3/t15-,16+,17-,18+/m0/s1. The number of likely N-dealkylation sites (tertiary alicyclic amines) is 1. The van der Waals surface area contributed by atoms with Crippen LogP contribution in [0.4, 0.5) is 5.69 Å². The summed E-state index contributed by atoms with van der Waals surface area (Å²) in [5.74, 6) is -1.56. The van der Waals surface area contributed by atoms with Crippen LogP contribution in [-0.2, 0) is 14.4 Å². The monoisotopic (exact) mass is 352 g/mol. The first-order valence-corrected chi connectivity index (χ1v) is 9.08. The lowest BCUT2D eigenvalue weighted by Crippen LogP contribution is -2.52. The third-order valence-corrected chi connectivity index (χ3v) is 5.75. The molecule has 1 aromatic rings. The van der Waals surface area contributed by atoms with Crippen molar-refractivity contribution in [3.05, 3.63) is 35.4 Å². The van der Waals surface area contributed by atoms with E-state index in [4.69, 9.17) is 0 Å². The Morgan fingerprint density at radius 3 is 2.35 bits per heavy atom. The second kappa shape index (κ2) is 5.29. The van der Waals surface area contributed by atoms with Crippen LogP contribution in [0, 0.1) is 18.8 Å². The molecule has 0 unspecified atom stereocenters. The third-order valence-electron chi connectivity index (χ3n) is 5.75. The van der Waals surface area contributed by atoms with Crippen molar-refractivity contribution >= 4 is 29.4 Å². The van der Waals surface area contributed by atoms with Gasteiger partial charge in [-0.15, -0.1) is 0 Å². The summed E-state index contributed by atoms with van der Waals surface area (Å²) < 4.78 is 0. The van der Waals surface area contributed by atoms with Gasteiger partial charge in [0.2, 0.25) is 11.8 Å². The Morgan fingerprint density at radius 2 is 1.73 bits per heavy atom. The van der Waals surface area contributed by atoms with E-state index in [1.54, 1.807) is 0 Å². The number of amides is 2. The van der Waals surface area contributed by atoms with E-state index >= 15 is 0 Å². The minimum Gasteiger partial charge on any atom is -0.353 e. The minimum absolute atomic E-state index is 0.0683. The van der Waals surface area contributed by atoms with Gasteiger partial charge in [0.1, 0.15) is 6.04 Å². The van der Waals surface area contributed by atoms with Crippen molar-refractivity contribution in [2.45, 2.75) is 52.2 Å². The smallest absolute Gasteiger partial charge is 0.236 e. The number of aryl methyl sites for hydroxylation is 1. The van der Waals surface area contributed by atoms with E-state index in [-0.39, 0.29) is 23.6 Å². The number of ketones is 1. The van der Waals surface area contributed by atoms with E-state index in [0.29, 0.717) is 0 Å². The molecule has 0 spiro atoms. The molecule has 0 saturated carbocycles. The molecule has 3 aliphatic heterocycles. The molecular formula is C21H24N2O3. The highest BCUT2D eigenvalue weighted by Gasteiger charge is 2.64. The first-order chi connectivity index (χ1) is 12.1. The number of rotatable bonds is 1. The average molecular weight is 352 g/mol. The van der Waals surface area contributed by atoms with Crippen LogP contribution in [0.25, 0.3) is 6.08 Å². The van der Waals surface area contributed by atoms with Crippen molar-refractivity contribution in [1.82, 2.24) is 4.90 Å². The van der Waals surface area contributed by atoms with E-state index in [1.807, 2.05) is 56.9 Å². The Kier molecular flexibility index (Phi) is 3.46. The van der Waals surface area contributed by atoms with Crippen molar-refractivity contribution in [2.75, 3.05) is 4.90 Å². The van der Waals surface area contributed by atoms with Crippen LogP contribution >= 0.6 is 0 Å². The van der Waals surface area contributed by atoms with Crippen molar-refractivity contribution in [3.63, 3.8) is 0 Å². The van der Waals surface area contributed by atoms with Gasteiger partial charge in [0, 0.05) is 11.2 Å². The van der Waals surface area contributed by atoms with Gasteiger partial charge in [-0.3, -0.25) is 19.3 Å². The number of anilines is 1. The summed E-state index contributed by atoms with van der Waals surface area (Å²) in [5, 5.41) is 0. The van der Waals surface area contributed by atoms with Gasteiger partial charge in [-0.05, 0) is 52.3 Å². The number of hydrogen-bond donors (Lipinski definition) is 0. The highest BCUT2D eigenvalue weighted by molar-refractivity contribution is 6.11. The molecule has 0 aromatic heterocycles. The summed E-state index contributed by atoms with van der Waals surface area (Å²) >= 11 is 0. The molecule has 2 saturated heterocycles. The lowest BCUT2D eigenvalue weighted by molar-refractivity contribution is -0.146. The molecule has 0 bridgehead atoms. The van der Waals surface area contributed by atoms with Gasteiger partial charge >= 0.3 is 0 Å². The molecule has 0 N–H and O–H groups in total. The molecule has 2 fully saturated rings. The average Bonchev–Trinajstić information content (AvgIpc) is 3.00. The van der Waals surface area contributed by atoms with Crippen LogP contribution in [0.15, 0.2) is 24.3 Å². The van der Waals surface area contributed by atoms with E-state index in [2.05, 4.69) is 6.07 Å². The predicted octanol–water partition coefficient (Wildman–Crippen LogP) is 2.57. The lowest BCUT2D eigenvalue weighted by atomic mass is 9.88. The molecule has 0 radical (unpaired) electrons. The van der Waals surface area contributed by atoms with Crippen molar-refractivity contribution in [3.8, 4) is 0 Å². The zero-order valence-electron chi connectivity index (χ0n) is 15.8. The van der Waals surface area contributed by atoms with Gasteiger partial charge in [-0.1, -0.05) is 23.8 Å². The van der Waals surface area contributed by atoms with Gasteiger partial charge in [0.25, 0.3) is 0 Å². The molecule has 4 atom stereocenters. The molecule has 0 aliphatic carbocycles. The van der Waals surface area contributed by atoms with Crippen molar-refractivity contribution < 1.29 is 14.4 Å². The van der Waals surface area contributed by atoms with Crippen molar-refractivity contribution in [1.29, 1.82) is 0 Å². The number of fused-ring (bicyclic) bond motifs is 5. The number of carbonyl (C=O) groups is 3. The van der Waals surface area contributed by atoms with E-state index in [1.165, 1.54) is 11.8 Å². The van der Waals surface area contributed by atoms with E-state index in [9.17, 15) is 14.4 Å². The van der Waals surface area contributed by atoms with Crippen LogP contribution in [0.3, 0.4) is 0 Å². The minimum atomic E-state index is -0.610. The highest BCUT2D eigenvalue weighted by Crippen LogP contribution is 2.49. The number of imide groups is 1. The number of nitrogens with zero attached hydrogens (tertiary/aromatic N) is 2. The third kappa shape index (κ3) is 2.12. The fourth-order valence-electron chi connectivity index (χ4n) is 4.81. The highest BCUT2D eigenvalue weighted by atomic mass is 16.2. The van der Waals surface area contributed by atoms with Gasteiger partial charge in [-0.2, -0.15) is 0 Å². The van der Waals surface area contributed by atoms with Crippen LogP contribution in [-0.4, -0.2) is 40.1 Å². The molecule has 5 nitrogen and oxygen atoms in total. The molecule has 1 aromatic carbocycles. The molecule has 3 heterocycles. The number of Topliss-reactive ketones (excluding diaryl/α,β-unsaturated/α-hetero) is 1. The number of benzene rings is 1. The molecule has 5 heteroatoms. The second-order valence-corrected chi connectivity index (χ2v) is 8.61. The Hall–Kier alpha value is -2.43. The molecule has 3 aliphatic rings. The summed E-state index contributed by atoms with van der Waals surface area (Å²) in [4.78, 5) is 42.3. The number of carbonyl (C=O) groups excluding carboxylic acids is 3. The first kappa shape index (κ1) is 17.0. The summed E-state index contributed by atoms with van der Waals surface area (Å²) in [6, 6.07) is 5.21. The molecule has 4 rings (SSSR count). The van der Waals surface area contributed by atoms with Crippen LogP contribution in [0.1, 0.15) is 38.8 Å². The Labute approximate surface area is 153 Å². The zero-order chi connectivity index (χ0) is 19.0. The van der Waals surface area contributed by atoms with Crippen molar-refractivity contribution in [2.24, 2.45) is 11.8 Å². The first-order valence-electron chi connectivity index (χ1n) is 9.08. The zero-order valence-corrected chi connectivity index (χ0v) is 15.8. The van der Waals surface area contributed by atoms with Crippen LogP contribution < -0.4 is 4.90 Å². The summed E-state index contributed by atoms with van der Waals surface area (Å²) in [6.07, 6.45) is 4.00. The predicted molar refractivity (Wildman–Crippen MR) is 99.5 cm³/mol. The topological polar surface area (TPSA) is 57.7 Å². The van der Waals surface area contributed by atoms with Gasteiger partial charge in [0.05, 0.1) is 17.9 Å². The van der Waals surface area contributed by atoms with Crippen LogP contribution in [0.5, 0.6) is 0 Å². The molecule has 136 valence electrons. The quantitative estimate of drug-likeness (QED) is 0.729. The molecular weight excluding hydrogens is 328 g/mol. The SMILES string of the molecule is CC(=O)[C@@H]1[C@H]2C(=O)N(C(C)(C)C)C(=O)[C@@H]2[C@@H]2C=Cc3cc(C)ccc3N12. The van der Waals surface area contributed by atoms with Gasteiger partial charge < -0.3 is 4.90 Å². The second-order valence-electron chi connectivity index (χ2n) is 8.61. The molecule has 2 amide bonds. The molecule has 26 heavy (non-hydrogen) atoms. The summed E-state index contributed by atoms with van der Waals surface area (Å²) in [5.41, 5.74) is 2.51. The summed E-state index contributed by atoms with van der Waals surface area (Å²) in [6.45, 7) is 9.13. The Bertz CT molecular complexity index is 864. The fraction of sp³-hybridized carbons (Fsp3) is 0.476. The van der Waals surface area contributed by atoms with E-state index in [0.717, 1.165) is 16.8 Å².